The largest absolute Gasteiger partial charge is 0.507 e. The van der Waals surface area contributed by atoms with Gasteiger partial charge in [-0.25, -0.2) is 0 Å². The molecule has 3 N–H and O–H groups in total. The van der Waals surface area contributed by atoms with Crippen molar-refractivity contribution in [2.75, 3.05) is 5.73 Å². The predicted octanol–water partition coefficient (Wildman–Crippen LogP) is 2.45. The molecule has 84 valence electrons. The zero-order valence-electron chi connectivity index (χ0n) is 9.03. The summed E-state index contributed by atoms with van der Waals surface area (Å²) < 4.78 is 2.48. The summed E-state index contributed by atoms with van der Waals surface area (Å²) in [5, 5.41) is 14.1. The number of phenols is 1. The van der Waals surface area contributed by atoms with Crippen LogP contribution in [0.25, 0.3) is 11.1 Å². The minimum atomic E-state index is 0.239. The van der Waals surface area contributed by atoms with Gasteiger partial charge in [0.15, 0.2) is 0 Å². The van der Waals surface area contributed by atoms with Crippen molar-refractivity contribution in [3.63, 3.8) is 0 Å². The minimum absolute atomic E-state index is 0.239. The first-order chi connectivity index (χ1) is 7.50. The molecule has 0 spiro atoms. The summed E-state index contributed by atoms with van der Waals surface area (Å²) in [4.78, 5) is 0. The van der Waals surface area contributed by atoms with E-state index in [2.05, 4.69) is 21.0 Å². The average molecular weight is 282 g/mol. The average Bonchev–Trinajstić information content (AvgIpc) is 2.54. The van der Waals surface area contributed by atoms with E-state index in [1.165, 1.54) is 0 Å². The zero-order valence-corrected chi connectivity index (χ0v) is 10.6. The third kappa shape index (κ3) is 1.67. The number of nitrogen functional groups attached to an aromatic ring is 1. The van der Waals surface area contributed by atoms with Crippen molar-refractivity contribution in [2.24, 2.45) is 7.05 Å². The van der Waals surface area contributed by atoms with Gasteiger partial charge in [-0.1, -0.05) is 15.9 Å². The zero-order chi connectivity index (χ0) is 11.9. The Labute approximate surface area is 102 Å². The maximum Gasteiger partial charge on any atom is 0.129 e. The maximum absolute atomic E-state index is 10.00. The Morgan fingerprint density at radius 1 is 1.38 bits per heavy atom. The van der Waals surface area contributed by atoms with Crippen molar-refractivity contribution >= 4 is 21.7 Å². The van der Waals surface area contributed by atoms with E-state index in [1.54, 1.807) is 17.9 Å². The number of nitrogens with two attached hydrogens (primary N) is 1. The minimum Gasteiger partial charge on any atom is -0.507 e. The van der Waals surface area contributed by atoms with Gasteiger partial charge in [-0.3, -0.25) is 4.68 Å². The van der Waals surface area contributed by atoms with Crippen LogP contribution in [0.1, 0.15) is 5.56 Å². The highest BCUT2D eigenvalue weighted by Crippen LogP contribution is 2.37. The van der Waals surface area contributed by atoms with Gasteiger partial charge in [-0.15, -0.1) is 0 Å². The van der Waals surface area contributed by atoms with Crippen molar-refractivity contribution in [2.45, 2.75) is 6.92 Å². The van der Waals surface area contributed by atoms with Gasteiger partial charge in [-0.2, -0.15) is 5.10 Å². The Balaban J connectivity index is 2.69. The third-order valence-corrected chi connectivity index (χ3v) is 3.00. The smallest absolute Gasteiger partial charge is 0.129 e. The number of hydrogen-bond donors (Lipinski definition) is 2. The number of benzene rings is 1. The molecular formula is C11H12BrN3O. The van der Waals surface area contributed by atoms with Crippen LogP contribution in [0, 0.1) is 6.92 Å². The van der Waals surface area contributed by atoms with Crippen LogP contribution >= 0.6 is 15.9 Å². The highest BCUT2D eigenvalue weighted by molar-refractivity contribution is 9.10. The SMILES string of the molecule is Cc1cc(Br)cc(-c2cnn(C)c2N)c1O. The topological polar surface area (TPSA) is 64.1 Å². The molecule has 0 fully saturated rings. The number of hydrogen-bond acceptors (Lipinski definition) is 3. The lowest BCUT2D eigenvalue weighted by atomic mass is 10.0. The molecule has 2 rings (SSSR count). The molecule has 2 aromatic rings. The molecule has 0 aliphatic carbocycles. The van der Waals surface area contributed by atoms with Crippen LogP contribution in [-0.4, -0.2) is 14.9 Å². The fourth-order valence-corrected chi connectivity index (χ4v) is 2.17. The van der Waals surface area contributed by atoms with E-state index < -0.39 is 0 Å². The van der Waals surface area contributed by atoms with E-state index in [9.17, 15) is 5.11 Å². The standard InChI is InChI=1S/C11H12BrN3O/c1-6-3-7(12)4-8(10(6)16)9-5-14-15(2)11(9)13/h3-5,16H,13H2,1-2H3. The first kappa shape index (κ1) is 11.0. The van der Waals surface area contributed by atoms with Crippen LogP contribution in [0.15, 0.2) is 22.8 Å². The van der Waals surface area contributed by atoms with Crippen molar-refractivity contribution < 1.29 is 5.11 Å². The number of anilines is 1. The van der Waals surface area contributed by atoms with Gasteiger partial charge in [0.2, 0.25) is 0 Å². The molecule has 1 aromatic carbocycles. The van der Waals surface area contributed by atoms with Crippen LogP contribution in [0.4, 0.5) is 5.82 Å². The number of phenolic OH excluding ortho intramolecular Hbond substituents is 1. The first-order valence-electron chi connectivity index (χ1n) is 4.77. The summed E-state index contributed by atoms with van der Waals surface area (Å²) in [6.07, 6.45) is 1.65. The fourth-order valence-electron chi connectivity index (χ4n) is 1.60. The van der Waals surface area contributed by atoms with Gasteiger partial charge in [0.1, 0.15) is 11.6 Å². The molecule has 0 amide bonds. The molecule has 1 aromatic heterocycles. The highest BCUT2D eigenvalue weighted by Gasteiger charge is 2.13. The Morgan fingerprint density at radius 3 is 2.62 bits per heavy atom. The Morgan fingerprint density at radius 2 is 2.06 bits per heavy atom. The molecule has 0 radical (unpaired) electrons. The van der Waals surface area contributed by atoms with E-state index in [0.29, 0.717) is 11.4 Å². The van der Waals surface area contributed by atoms with Crippen LogP contribution < -0.4 is 5.73 Å². The molecule has 5 heteroatoms. The van der Waals surface area contributed by atoms with E-state index in [0.717, 1.165) is 15.6 Å². The molecule has 0 bridgehead atoms. The van der Waals surface area contributed by atoms with E-state index in [1.807, 2.05) is 19.1 Å². The lowest BCUT2D eigenvalue weighted by molar-refractivity contribution is 0.473. The molecule has 0 saturated heterocycles. The van der Waals surface area contributed by atoms with E-state index in [4.69, 9.17) is 5.73 Å². The van der Waals surface area contributed by atoms with Gasteiger partial charge in [0, 0.05) is 22.6 Å². The third-order valence-electron chi connectivity index (χ3n) is 2.54. The van der Waals surface area contributed by atoms with Crippen LogP contribution in [0.3, 0.4) is 0 Å². The number of halogens is 1. The Kier molecular flexibility index (Phi) is 2.63. The van der Waals surface area contributed by atoms with Crippen LogP contribution in [-0.2, 0) is 7.05 Å². The fraction of sp³-hybridized carbons (Fsp3) is 0.182. The first-order valence-corrected chi connectivity index (χ1v) is 5.57. The predicted molar refractivity (Wildman–Crippen MR) is 67.2 cm³/mol. The molecule has 16 heavy (non-hydrogen) atoms. The van der Waals surface area contributed by atoms with E-state index in [-0.39, 0.29) is 5.75 Å². The Hall–Kier alpha value is -1.49. The normalized spacial score (nSPS) is 10.7. The van der Waals surface area contributed by atoms with Crippen molar-refractivity contribution in [1.29, 1.82) is 0 Å². The number of nitrogens with zero attached hydrogens (tertiary/aromatic N) is 2. The molecule has 4 nitrogen and oxygen atoms in total. The van der Waals surface area contributed by atoms with Crippen LogP contribution in [0.2, 0.25) is 0 Å². The number of rotatable bonds is 1. The summed E-state index contributed by atoms with van der Waals surface area (Å²) in [6.45, 7) is 1.84. The van der Waals surface area contributed by atoms with Gasteiger partial charge in [0.25, 0.3) is 0 Å². The summed E-state index contributed by atoms with van der Waals surface area (Å²) in [6, 6.07) is 3.68. The second-order valence-corrected chi connectivity index (χ2v) is 4.60. The molecule has 0 saturated carbocycles. The van der Waals surface area contributed by atoms with Crippen molar-refractivity contribution in [3.05, 3.63) is 28.4 Å². The molecular weight excluding hydrogens is 270 g/mol. The molecule has 0 atom stereocenters. The molecule has 0 aliphatic rings. The lowest BCUT2D eigenvalue weighted by Gasteiger charge is -2.07. The summed E-state index contributed by atoms with van der Waals surface area (Å²) in [5.74, 6) is 0.774. The van der Waals surface area contributed by atoms with Gasteiger partial charge in [-0.05, 0) is 24.6 Å². The van der Waals surface area contributed by atoms with E-state index >= 15 is 0 Å². The second kappa shape index (κ2) is 3.83. The summed E-state index contributed by atoms with van der Waals surface area (Å²) in [5.41, 5.74) is 8.11. The van der Waals surface area contributed by atoms with Crippen LogP contribution in [0.5, 0.6) is 5.75 Å². The number of aromatic hydroxyl groups is 1. The second-order valence-electron chi connectivity index (χ2n) is 3.69. The maximum atomic E-state index is 10.00. The molecule has 0 unspecified atom stereocenters. The van der Waals surface area contributed by atoms with Gasteiger partial charge < -0.3 is 10.8 Å². The van der Waals surface area contributed by atoms with Crippen molar-refractivity contribution in [1.82, 2.24) is 9.78 Å². The van der Waals surface area contributed by atoms with Gasteiger partial charge in [0.05, 0.1) is 6.20 Å². The Bertz CT molecular complexity index is 548. The molecule has 1 heterocycles. The number of aryl methyl sites for hydroxylation is 2. The molecule has 0 aliphatic heterocycles. The highest BCUT2D eigenvalue weighted by atomic mass is 79.9. The quantitative estimate of drug-likeness (QED) is 0.844. The monoisotopic (exact) mass is 281 g/mol. The lowest BCUT2D eigenvalue weighted by Crippen LogP contribution is -1.98. The van der Waals surface area contributed by atoms with Crippen molar-refractivity contribution in [3.8, 4) is 16.9 Å². The number of aromatic nitrogens is 2. The summed E-state index contributed by atoms with van der Waals surface area (Å²) >= 11 is 3.40. The van der Waals surface area contributed by atoms with Gasteiger partial charge >= 0.3 is 0 Å². The summed E-state index contributed by atoms with van der Waals surface area (Å²) in [7, 11) is 1.76.